The molecule has 1 aliphatic rings. The highest BCUT2D eigenvalue weighted by atomic mass is 35.5. The highest BCUT2D eigenvalue weighted by Gasteiger charge is 2.36. The van der Waals surface area contributed by atoms with E-state index >= 15 is 0 Å². The monoisotopic (exact) mass is 668 g/mol. The smallest absolute Gasteiger partial charge is 0.339 e. The van der Waals surface area contributed by atoms with Crippen molar-refractivity contribution >= 4 is 75.4 Å². The fourth-order valence-electron chi connectivity index (χ4n) is 4.03. The molecule has 0 unspecified atom stereocenters. The van der Waals surface area contributed by atoms with Gasteiger partial charge in [0.1, 0.15) is 6.54 Å². The third-order valence-corrected chi connectivity index (χ3v) is 7.34. The predicted octanol–water partition coefficient (Wildman–Crippen LogP) is 5.13. The molecule has 4 rings (SSSR count). The molecule has 238 valence electrons. The third-order valence-electron chi connectivity index (χ3n) is 6.11. The normalized spacial score (nSPS) is 13.4. The molecule has 0 saturated carbocycles. The fourth-order valence-corrected chi connectivity index (χ4v) is 5.06. The number of nitro groups is 1. The van der Waals surface area contributed by atoms with Crippen molar-refractivity contribution in [3.05, 3.63) is 91.8 Å². The molecular weight excluding hydrogens is 644 g/mol. The molecular formula is C30H25ClN4O10S. The van der Waals surface area contributed by atoms with Crippen molar-refractivity contribution in [3.63, 3.8) is 0 Å². The lowest BCUT2D eigenvalue weighted by Gasteiger charge is -2.13. The molecule has 3 aromatic carbocycles. The predicted molar refractivity (Wildman–Crippen MR) is 169 cm³/mol. The van der Waals surface area contributed by atoms with Crippen LogP contribution < -0.4 is 20.1 Å². The summed E-state index contributed by atoms with van der Waals surface area (Å²) < 4.78 is 15.8. The summed E-state index contributed by atoms with van der Waals surface area (Å²) in [7, 11) is 1.37. The Morgan fingerprint density at radius 1 is 1.00 bits per heavy atom. The first-order chi connectivity index (χ1) is 22.0. The van der Waals surface area contributed by atoms with Crippen LogP contribution in [0.1, 0.15) is 22.8 Å². The van der Waals surface area contributed by atoms with Crippen molar-refractivity contribution in [2.45, 2.75) is 6.92 Å². The Morgan fingerprint density at radius 3 is 2.46 bits per heavy atom. The van der Waals surface area contributed by atoms with E-state index in [0.29, 0.717) is 17.3 Å². The van der Waals surface area contributed by atoms with E-state index in [2.05, 4.69) is 10.6 Å². The van der Waals surface area contributed by atoms with Gasteiger partial charge in [0.05, 0.1) is 34.1 Å². The molecule has 46 heavy (non-hydrogen) atoms. The lowest BCUT2D eigenvalue weighted by Crippen LogP contribution is -2.36. The number of ether oxygens (including phenoxy) is 3. The highest BCUT2D eigenvalue weighted by molar-refractivity contribution is 8.18. The van der Waals surface area contributed by atoms with Crippen LogP contribution in [0.25, 0.3) is 6.08 Å². The first kappa shape index (κ1) is 33.5. The number of halogens is 1. The average molecular weight is 669 g/mol. The van der Waals surface area contributed by atoms with E-state index in [4.69, 9.17) is 25.8 Å². The van der Waals surface area contributed by atoms with Crippen LogP contribution in [-0.4, -0.2) is 65.6 Å². The van der Waals surface area contributed by atoms with E-state index in [9.17, 15) is 34.1 Å². The molecule has 2 N–H and O–H groups in total. The standard InChI is InChI=1S/C30H25ClN4O10S/c1-3-44-29(39)21-14-19(8-9-22(21)31)32-26(36)15-34-28(38)25(46-30(34)40)12-17-7-10-23(24(11-17)43-2)45-16-27(37)33-18-5-4-6-20(13-18)35(41)42/h4-14H,3,15-16H2,1-2H3,(H,32,36)(H,33,37)/b25-12-. The highest BCUT2D eigenvalue weighted by Crippen LogP contribution is 2.34. The van der Waals surface area contributed by atoms with E-state index in [1.807, 2.05) is 0 Å². The second-order valence-corrected chi connectivity index (χ2v) is 10.7. The zero-order valence-corrected chi connectivity index (χ0v) is 25.8. The van der Waals surface area contributed by atoms with Crippen LogP contribution in [-0.2, 0) is 19.1 Å². The van der Waals surface area contributed by atoms with E-state index in [-0.39, 0.29) is 50.7 Å². The zero-order chi connectivity index (χ0) is 33.4. The number of methoxy groups -OCH3 is 1. The molecule has 4 amide bonds. The van der Waals surface area contributed by atoms with E-state index in [1.54, 1.807) is 13.0 Å². The number of nitrogens with zero attached hydrogens (tertiary/aromatic N) is 2. The van der Waals surface area contributed by atoms with Crippen LogP contribution in [0.5, 0.6) is 11.5 Å². The molecule has 0 aliphatic carbocycles. The summed E-state index contributed by atoms with van der Waals surface area (Å²) in [5.74, 6) is -2.18. The lowest BCUT2D eigenvalue weighted by molar-refractivity contribution is -0.384. The SMILES string of the molecule is CCOC(=O)c1cc(NC(=O)CN2C(=O)S/C(=C\c3ccc(OCC(=O)Nc4cccc([N+](=O)[O-])c4)c(OC)c3)C2=O)ccc1Cl. The summed E-state index contributed by atoms with van der Waals surface area (Å²) in [4.78, 5) is 73.9. The number of amides is 4. The second kappa shape index (κ2) is 15.0. The van der Waals surface area contributed by atoms with Gasteiger partial charge in [-0.3, -0.25) is 34.2 Å². The number of anilines is 2. The van der Waals surface area contributed by atoms with Gasteiger partial charge in [0.2, 0.25) is 5.91 Å². The largest absolute Gasteiger partial charge is 0.493 e. The van der Waals surface area contributed by atoms with Gasteiger partial charge in [-0.25, -0.2) is 4.79 Å². The number of carbonyl (C=O) groups excluding carboxylic acids is 5. The Morgan fingerprint density at radius 2 is 1.74 bits per heavy atom. The number of nitrogens with one attached hydrogen (secondary N) is 2. The fraction of sp³-hybridized carbons (Fsp3) is 0.167. The molecule has 16 heteroatoms. The topological polar surface area (TPSA) is 183 Å². The molecule has 3 aromatic rings. The van der Waals surface area contributed by atoms with Crippen LogP contribution in [0.2, 0.25) is 5.02 Å². The number of thioether (sulfide) groups is 1. The van der Waals surface area contributed by atoms with Crippen LogP contribution in [0.3, 0.4) is 0 Å². The Balaban J connectivity index is 1.37. The molecule has 0 atom stereocenters. The maximum Gasteiger partial charge on any atom is 0.339 e. The van der Waals surface area contributed by atoms with Gasteiger partial charge in [-0.2, -0.15) is 0 Å². The molecule has 1 heterocycles. The summed E-state index contributed by atoms with van der Waals surface area (Å²) in [6.45, 7) is 0.765. The number of rotatable bonds is 12. The Labute approximate surface area is 270 Å². The Hall–Kier alpha value is -5.41. The summed E-state index contributed by atoms with van der Waals surface area (Å²) >= 11 is 6.70. The Kier molecular flexibility index (Phi) is 11.0. The van der Waals surface area contributed by atoms with Gasteiger partial charge in [0, 0.05) is 23.5 Å². The maximum atomic E-state index is 13.0. The van der Waals surface area contributed by atoms with Gasteiger partial charge >= 0.3 is 5.97 Å². The average Bonchev–Trinajstić information content (AvgIpc) is 3.28. The van der Waals surface area contributed by atoms with Crippen molar-refractivity contribution in [2.75, 3.05) is 37.5 Å². The minimum atomic E-state index is -0.689. The third kappa shape index (κ3) is 8.40. The first-order valence-electron chi connectivity index (χ1n) is 13.4. The van der Waals surface area contributed by atoms with Gasteiger partial charge < -0.3 is 24.8 Å². The van der Waals surface area contributed by atoms with Crippen LogP contribution in [0, 0.1) is 10.1 Å². The molecule has 0 spiro atoms. The van der Waals surface area contributed by atoms with E-state index in [1.165, 1.54) is 67.8 Å². The summed E-state index contributed by atoms with van der Waals surface area (Å²) in [6, 6.07) is 14.2. The number of esters is 1. The van der Waals surface area contributed by atoms with Crippen molar-refractivity contribution < 1.29 is 43.1 Å². The molecule has 0 bridgehead atoms. The maximum absolute atomic E-state index is 13.0. The molecule has 14 nitrogen and oxygen atoms in total. The van der Waals surface area contributed by atoms with Gasteiger partial charge in [-0.05, 0) is 66.7 Å². The van der Waals surface area contributed by atoms with Crippen LogP contribution >= 0.6 is 23.4 Å². The minimum absolute atomic E-state index is 0.0472. The quantitative estimate of drug-likeness (QED) is 0.113. The molecule has 1 fully saturated rings. The molecule has 1 saturated heterocycles. The molecule has 0 radical (unpaired) electrons. The minimum Gasteiger partial charge on any atom is -0.493 e. The van der Waals surface area contributed by atoms with Gasteiger partial charge in [0.15, 0.2) is 18.1 Å². The molecule has 0 aromatic heterocycles. The summed E-state index contributed by atoms with van der Waals surface area (Å²) in [5.41, 5.74) is 0.778. The van der Waals surface area contributed by atoms with Gasteiger partial charge in [-0.15, -0.1) is 0 Å². The van der Waals surface area contributed by atoms with Crippen molar-refractivity contribution in [1.29, 1.82) is 0 Å². The van der Waals surface area contributed by atoms with E-state index < -0.39 is 47.0 Å². The van der Waals surface area contributed by atoms with Crippen LogP contribution in [0.4, 0.5) is 21.9 Å². The number of carbonyl (C=O) groups is 5. The van der Waals surface area contributed by atoms with Crippen molar-refractivity contribution in [1.82, 2.24) is 4.90 Å². The van der Waals surface area contributed by atoms with E-state index in [0.717, 1.165) is 4.90 Å². The van der Waals surface area contributed by atoms with Crippen LogP contribution in [0.15, 0.2) is 65.6 Å². The lowest BCUT2D eigenvalue weighted by atomic mass is 10.2. The number of non-ortho nitro benzene ring substituents is 1. The number of nitro benzene ring substituents is 1. The van der Waals surface area contributed by atoms with Crippen molar-refractivity contribution in [2.24, 2.45) is 0 Å². The number of imide groups is 1. The summed E-state index contributed by atoms with van der Waals surface area (Å²) in [5, 5.41) is 15.5. The second-order valence-electron chi connectivity index (χ2n) is 9.29. The number of benzene rings is 3. The Bertz CT molecular complexity index is 1760. The van der Waals surface area contributed by atoms with Gasteiger partial charge in [-0.1, -0.05) is 23.7 Å². The molecule has 1 aliphatic heterocycles. The van der Waals surface area contributed by atoms with Gasteiger partial charge in [0.25, 0.3) is 22.7 Å². The first-order valence-corrected chi connectivity index (χ1v) is 14.6. The van der Waals surface area contributed by atoms with Crippen molar-refractivity contribution in [3.8, 4) is 11.5 Å². The number of hydrogen-bond acceptors (Lipinski definition) is 11. The zero-order valence-electron chi connectivity index (χ0n) is 24.2. The summed E-state index contributed by atoms with van der Waals surface area (Å²) in [6.07, 6.45) is 1.44. The number of hydrogen-bond donors (Lipinski definition) is 2.